The maximum Gasteiger partial charge on any atom is 0.412 e. The Hall–Kier alpha value is -2.45. The Bertz CT molecular complexity index is 764. The molecule has 29 heavy (non-hydrogen) atoms. The summed E-state index contributed by atoms with van der Waals surface area (Å²) in [4.78, 5) is 29.4. The second kappa shape index (κ2) is 8.12. The van der Waals surface area contributed by atoms with E-state index in [-0.39, 0.29) is 37.3 Å². The number of likely N-dealkylation sites (tertiary alicyclic amines) is 1. The lowest BCUT2D eigenvalue weighted by atomic mass is 9.89. The van der Waals surface area contributed by atoms with Gasteiger partial charge in [-0.15, -0.1) is 0 Å². The lowest BCUT2D eigenvalue weighted by Crippen LogP contribution is -2.45. The van der Waals surface area contributed by atoms with E-state index >= 15 is 4.39 Å². The number of amides is 2. The first-order valence-corrected chi connectivity index (χ1v) is 9.51. The molecule has 9 heteroatoms. The van der Waals surface area contributed by atoms with Crippen molar-refractivity contribution in [1.29, 1.82) is 0 Å². The van der Waals surface area contributed by atoms with Crippen molar-refractivity contribution in [2.75, 3.05) is 18.4 Å². The number of carbonyl (C=O) groups excluding carboxylic acids is 2. The fourth-order valence-corrected chi connectivity index (χ4v) is 2.82. The van der Waals surface area contributed by atoms with E-state index in [1.165, 1.54) is 11.0 Å². The van der Waals surface area contributed by atoms with Crippen molar-refractivity contribution in [2.45, 2.75) is 71.3 Å². The van der Waals surface area contributed by atoms with E-state index in [1.807, 2.05) is 0 Å². The van der Waals surface area contributed by atoms with Gasteiger partial charge < -0.3 is 14.4 Å². The number of hydrogen-bond acceptors (Lipinski definition) is 5. The molecule has 0 radical (unpaired) electrons. The fourth-order valence-electron chi connectivity index (χ4n) is 2.82. The van der Waals surface area contributed by atoms with Gasteiger partial charge in [0.25, 0.3) is 0 Å². The molecule has 1 aliphatic heterocycles. The van der Waals surface area contributed by atoms with E-state index < -0.39 is 34.9 Å². The first-order valence-electron chi connectivity index (χ1n) is 9.51. The predicted molar refractivity (Wildman–Crippen MR) is 104 cm³/mol. The van der Waals surface area contributed by atoms with Crippen LogP contribution in [0.2, 0.25) is 0 Å². The number of rotatable bonds is 2. The predicted octanol–water partition coefficient (Wildman–Crippen LogP) is 4.76. The van der Waals surface area contributed by atoms with Crippen LogP contribution in [-0.4, -0.2) is 46.4 Å². The third-order valence-electron chi connectivity index (χ3n) is 4.16. The third-order valence-corrected chi connectivity index (χ3v) is 4.16. The number of pyridine rings is 1. The zero-order chi connectivity index (χ0) is 22.0. The Morgan fingerprint density at radius 2 is 1.66 bits per heavy atom. The monoisotopic (exact) mass is 413 g/mol. The number of anilines is 1. The van der Waals surface area contributed by atoms with Gasteiger partial charge in [-0.05, 0) is 47.6 Å². The van der Waals surface area contributed by atoms with Crippen molar-refractivity contribution in [1.82, 2.24) is 9.88 Å². The highest BCUT2D eigenvalue weighted by atomic mass is 19.1. The van der Waals surface area contributed by atoms with E-state index in [2.05, 4.69) is 10.3 Å². The molecule has 0 bridgehead atoms. The highest BCUT2D eigenvalue weighted by Gasteiger charge is 2.40. The smallest absolute Gasteiger partial charge is 0.412 e. The summed E-state index contributed by atoms with van der Waals surface area (Å²) < 4.78 is 40.0. The van der Waals surface area contributed by atoms with Crippen LogP contribution in [0.25, 0.3) is 0 Å². The highest BCUT2D eigenvalue weighted by molar-refractivity contribution is 5.85. The number of alkyl halides is 1. The molecule has 2 heterocycles. The van der Waals surface area contributed by atoms with Crippen LogP contribution in [0.5, 0.6) is 0 Å². The van der Waals surface area contributed by atoms with Gasteiger partial charge in [-0.1, -0.05) is 0 Å². The van der Waals surface area contributed by atoms with Crippen LogP contribution in [0.1, 0.15) is 60.1 Å². The summed E-state index contributed by atoms with van der Waals surface area (Å²) in [7, 11) is 0. The molecule has 1 aromatic rings. The number of aromatic nitrogens is 1. The van der Waals surface area contributed by atoms with E-state index in [1.54, 1.807) is 41.5 Å². The lowest BCUT2D eigenvalue weighted by molar-refractivity contribution is 0.00121. The average Bonchev–Trinajstić information content (AvgIpc) is 2.54. The molecule has 1 aliphatic rings. The molecule has 0 atom stereocenters. The van der Waals surface area contributed by atoms with Crippen molar-refractivity contribution in [3.8, 4) is 0 Å². The summed E-state index contributed by atoms with van der Waals surface area (Å²) >= 11 is 0. The minimum absolute atomic E-state index is 0.00574. The first-order chi connectivity index (χ1) is 13.2. The molecule has 0 spiro atoms. The fraction of sp³-hybridized carbons (Fsp3) is 0.650. The number of carbonyl (C=O) groups is 2. The van der Waals surface area contributed by atoms with Crippen LogP contribution in [0, 0.1) is 5.82 Å². The van der Waals surface area contributed by atoms with E-state index in [4.69, 9.17) is 9.47 Å². The summed E-state index contributed by atoms with van der Waals surface area (Å²) in [5, 5.41) is 2.29. The van der Waals surface area contributed by atoms with E-state index in [0.29, 0.717) is 0 Å². The minimum Gasteiger partial charge on any atom is -0.444 e. The number of nitrogens with one attached hydrogen (secondary N) is 1. The summed E-state index contributed by atoms with van der Waals surface area (Å²) in [6, 6.07) is 1.17. The zero-order valence-electron chi connectivity index (χ0n) is 17.8. The number of ether oxygens (including phenoxy) is 2. The number of nitrogens with zero attached hydrogens (tertiary/aromatic N) is 2. The molecule has 0 aromatic carbocycles. The Morgan fingerprint density at radius 3 is 2.17 bits per heavy atom. The van der Waals surface area contributed by atoms with Crippen molar-refractivity contribution in [3.05, 3.63) is 23.8 Å². The minimum atomic E-state index is -1.85. The average molecular weight is 413 g/mol. The molecule has 162 valence electrons. The molecule has 1 aromatic heterocycles. The van der Waals surface area contributed by atoms with E-state index in [9.17, 15) is 14.0 Å². The van der Waals surface area contributed by atoms with Gasteiger partial charge in [-0.25, -0.2) is 18.4 Å². The molecule has 1 saturated heterocycles. The summed E-state index contributed by atoms with van der Waals surface area (Å²) in [5.41, 5.74) is -3.46. The first kappa shape index (κ1) is 22.8. The SMILES string of the molecule is CC(C)(C)OC(=O)Nc1cc(C2(F)CCN(C(=O)OC(C)(C)C)CC2)ncc1F. The van der Waals surface area contributed by atoms with Crippen molar-refractivity contribution in [2.24, 2.45) is 0 Å². The lowest BCUT2D eigenvalue weighted by Gasteiger charge is -2.36. The molecule has 1 fully saturated rings. The summed E-state index contributed by atoms with van der Waals surface area (Å²) in [5.74, 6) is -0.797. The molecule has 7 nitrogen and oxygen atoms in total. The second-order valence-electron chi connectivity index (χ2n) is 9.11. The Labute approximate surface area is 169 Å². The van der Waals surface area contributed by atoms with Crippen molar-refractivity contribution < 1.29 is 27.8 Å². The zero-order valence-corrected chi connectivity index (χ0v) is 17.8. The van der Waals surface area contributed by atoms with Gasteiger partial charge in [0.05, 0.1) is 17.6 Å². The van der Waals surface area contributed by atoms with Crippen molar-refractivity contribution in [3.63, 3.8) is 0 Å². The Kier molecular flexibility index (Phi) is 6.39. The van der Waals surface area contributed by atoms with Gasteiger partial charge in [-0.2, -0.15) is 0 Å². The highest BCUT2D eigenvalue weighted by Crippen LogP contribution is 2.37. The molecular formula is C20H29F2N3O4. The van der Waals surface area contributed by atoms with Gasteiger partial charge in [0, 0.05) is 25.9 Å². The molecule has 1 N–H and O–H groups in total. The van der Waals surface area contributed by atoms with Crippen LogP contribution >= 0.6 is 0 Å². The molecule has 0 saturated carbocycles. The normalized spacial score (nSPS) is 16.9. The molecule has 0 aliphatic carbocycles. The summed E-state index contributed by atoms with van der Waals surface area (Å²) in [6.07, 6.45) is -0.517. The van der Waals surface area contributed by atoms with Crippen LogP contribution in [0.3, 0.4) is 0 Å². The van der Waals surface area contributed by atoms with Gasteiger partial charge in [0.2, 0.25) is 0 Å². The maximum absolute atomic E-state index is 15.5. The second-order valence-corrected chi connectivity index (χ2v) is 9.11. The molecular weight excluding hydrogens is 384 g/mol. The third kappa shape index (κ3) is 6.54. The Balaban J connectivity index is 2.09. The van der Waals surface area contributed by atoms with E-state index in [0.717, 1.165) is 6.20 Å². The number of hydrogen-bond donors (Lipinski definition) is 1. The molecule has 2 rings (SSSR count). The quantitative estimate of drug-likeness (QED) is 0.756. The largest absolute Gasteiger partial charge is 0.444 e. The van der Waals surface area contributed by atoms with Crippen LogP contribution in [0.15, 0.2) is 12.3 Å². The number of halogens is 2. The van der Waals surface area contributed by atoms with Crippen molar-refractivity contribution >= 4 is 17.9 Å². The van der Waals surface area contributed by atoms with Gasteiger partial charge >= 0.3 is 12.2 Å². The van der Waals surface area contributed by atoms with Gasteiger partial charge in [0.15, 0.2) is 11.5 Å². The molecule has 2 amide bonds. The van der Waals surface area contributed by atoms with Crippen LogP contribution in [-0.2, 0) is 15.1 Å². The van der Waals surface area contributed by atoms with Gasteiger partial charge in [0.1, 0.15) is 11.2 Å². The topological polar surface area (TPSA) is 80.8 Å². The van der Waals surface area contributed by atoms with Crippen LogP contribution < -0.4 is 5.32 Å². The van der Waals surface area contributed by atoms with Crippen LogP contribution in [0.4, 0.5) is 24.1 Å². The standard InChI is InChI=1S/C20H29F2N3O4/c1-18(2,3)28-16(26)24-14-11-15(23-12-13(14)21)20(22)7-9-25(10-8-20)17(27)29-19(4,5)6/h11-12H,7-10H2,1-6H3,(H,23,24,26). The Morgan fingerprint density at radius 1 is 1.10 bits per heavy atom. The van der Waals surface area contributed by atoms with Gasteiger partial charge in [-0.3, -0.25) is 10.3 Å². The number of piperidine rings is 1. The summed E-state index contributed by atoms with van der Waals surface area (Å²) in [6.45, 7) is 10.6. The molecule has 0 unspecified atom stereocenters. The maximum atomic E-state index is 15.5.